The standard InChI is InChI=1S/C9H18N3OSi/c1-9(2,3)7(13-14(4)5)8-10-6-11-12-8/h6-7H,1-5H3,(H,10,11,12). The highest BCUT2D eigenvalue weighted by atomic mass is 28.3. The molecule has 79 valence electrons. The van der Waals surface area contributed by atoms with Crippen molar-refractivity contribution in [1.29, 1.82) is 0 Å². The fourth-order valence-corrected chi connectivity index (χ4v) is 2.16. The third-order valence-corrected chi connectivity index (χ3v) is 2.53. The fraction of sp³-hybridized carbons (Fsp3) is 0.778. The molecular weight excluding hydrogens is 194 g/mol. The summed E-state index contributed by atoms with van der Waals surface area (Å²) >= 11 is 0. The number of nitrogens with zero attached hydrogens (tertiary/aromatic N) is 2. The van der Waals surface area contributed by atoms with Crippen molar-refractivity contribution in [3.63, 3.8) is 0 Å². The molecule has 0 saturated heterocycles. The minimum atomic E-state index is -0.729. The van der Waals surface area contributed by atoms with Crippen LogP contribution >= 0.6 is 0 Å². The zero-order valence-electron chi connectivity index (χ0n) is 9.46. The van der Waals surface area contributed by atoms with Gasteiger partial charge in [-0.2, -0.15) is 5.10 Å². The summed E-state index contributed by atoms with van der Waals surface area (Å²) in [7, 11) is -0.729. The van der Waals surface area contributed by atoms with Gasteiger partial charge in [-0.15, -0.1) is 0 Å². The van der Waals surface area contributed by atoms with E-state index in [0.717, 1.165) is 5.82 Å². The van der Waals surface area contributed by atoms with Crippen LogP contribution in [0.4, 0.5) is 0 Å². The number of H-pyrrole nitrogens is 1. The monoisotopic (exact) mass is 212 g/mol. The first kappa shape index (κ1) is 11.4. The zero-order valence-corrected chi connectivity index (χ0v) is 10.5. The highest BCUT2D eigenvalue weighted by Crippen LogP contribution is 2.34. The van der Waals surface area contributed by atoms with E-state index in [1.807, 2.05) is 0 Å². The van der Waals surface area contributed by atoms with Gasteiger partial charge in [0.05, 0.1) is 0 Å². The van der Waals surface area contributed by atoms with E-state index in [1.165, 1.54) is 6.33 Å². The summed E-state index contributed by atoms with van der Waals surface area (Å²) in [5.41, 5.74) is 0.0431. The van der Waals surface area contributed by atoms with E-state index < -0.39 is 9.04 Å². The highest BCUT2D eigenvalue weighted by molar-refractivity contribution is 6.48. The Morgan fingerprint density at radius 3 is 2.43 bits per heavy atom. The molecule has 0 bridgehead atoms. The maximum Gasteiger partial charge on any atom is 0.206 e. The molecule has 1 heterocycles. The molecule has 0 fully saturated rings. The molecule has 0 aliphatic rings. The van der Waals surface area contributed by atoms with Crippen LogP contribution in [0, 0.1) is 5.41 Å². The lowest BCUT2D eigenvalue weighted by Crippen LogP contribution is -2.26. The van der Waals surface area contributed by atoms with Crippen LogP contribution in [0.25, 0.3) is 0 Å². The van der Waals surface area contributed by atoms with Gasteiger partial charge in [-0.05, 0) is 18.5 Å². The van der Waals surface area contributed by atoms with E-state index in [4.69, 9.17) is 4.43 Å². The molecule has 4 nitrogen and oxygen atoms in total. The van der Waals surface area contributed by atoms with Gasteiger partial charge >= 0.3 is 0 Å². The molecule has 1 rings (SSSR count). The molecule has 1 aromatic rings. The number of aromatic nitrogens is 3. The van der Waals surface area contributed by atoms with E-state index in [2.05, 4.69) is 49.0 Å². The van der Waals surface area contributed by atoms with Gasteiger partial charge in [0.1, 0.15) is 12.4 Å². The SMILES string of the molecule is C[Si](C)OC(c1ncn[nH]1)C(C)(C)C. The van der Waals surface area contributed by atoms with Crippen molar-refractivity contribution >= 4 is 9.04 Å². The normalized spacial score (nSPS) is 14.7. The average molecular weight is 212 g/mol. The van der Waals surface area contributed by atoms with E-state index in [9.17, 15) is 0 Å². The van der Waals surface area contributed by atoms with Crippen molar-refractivity contribution in [1.82, 2.24) is 15.2 Å². The van der Waals surface area contributed by atoms with Crippen molar-refractivity contribution < 1.29 is 4.43 Å². The van der Waals surface area contributed by atoms with Gasteiger partial charge < -0.3 is 4.43 Å². The summed E-state index contributed by atoms with van der Waals surface area (Å²) in [5, 5.41) is 6.74. The Morgan fingerprint density at radius 2 is 2.07 bits per heavy atom. The largest absolute Gasteiger partial charge is 0.407 e. The molecule has 0 spiro atoms. The number of rotatable bonds is 3. The van der Waals surface area contributed by atoms with E-state index in [0.29, 0.717) is 0 Å². The second-order valence-electron chi connectivity index (χ2n) is 4.64. The van der Waals surface area contributed by atoms with Gasteiger partial charge in [-0.1, -0.05) is 20.8 Å². The lowest BCUT2D eigenvalue weighted by atomic mass is 9.89. The summed E-state index contributed by atoms with van der Waals surface area (Å²) < 4.78 is 5.93. The summed E-state index contributed by atoms with van der Waals surface area (Å²) in [4.78, 5) is 4.16. The Labute approximate surface area is 86.8 Å². The van der Waals surface area contributed by atoms with Crippen molar-refractivity contribution in [2.24, 2.45) is 5.41 Å². The average Bonchev–Trinajstić information content (AvgIpc) is 2.49. The molecule has 1 unspecified atom stereocenters. The highest BCUT2D eigenvalue weighted by Gasteiger charge is 2.30. The molecule has 0 amide bonds. The summed E-state index contributed by atoms with van der Waals surface area (Å²) in [6.07, 6.45) is 1.53. The van der Waals surface area contributed by atoms with Crippen LogP contribution in [0.15, 0.2) is 6.33 Å². The summed E-state index contributed by atoms with van der Waals surface area (Å²) in [6, 6.07) is 0. The second kappa shape index (κ2) is 4.23. The maximum absolute atomic E-state index is 5.93. The molecule has 1 aromatic heterocycles. The van der Waals surface area contributed by atoms with Gasteiger partial charge in [-0.25, -0.2) is 4.98 Å². The zero-order chi connectivity index (χ0) is 10.8. The Bertz CT molecular complexity index is 266. The number of nitrogens with one attached hydrogen (secondary N) is 1. The van der Waals surface area contributed by atoms with Gasteiger partial charge in [0.15, 0.2) is 5.82 Å². The van der Waals surface area contributed by atoms with Crippen LogP contribution in [0.2, 0.25) is 13.1 Å². The second-order valence-corrected chi connectivity index (χ2v) is 6.70. The molecule has 1 atom stereocenters. The topological polar surface area (TPSA) is 50.8 Å². The summed E-state index contributed by atoms with van der Waals surface area (Å²) in [6.45, 7) is 10.7. The quantitative estimate of drug-likeness (QED) is 0.781. The first-order valence-electron chi connectivity index (χ1n) is 4.73. The molecule has 0 aliphatic carbocycles. The molecule has 14 heavy (non-hydrogen) atoms. The van der Waals surface area contributed by atoms with Crippen LogP contribution in [0.1, 0.15) is 32.7 Å². The van der Waals surface area contributed by atoms with E-state index in [-0.39, 0.29) is 11.5 Å². The Morgan fingerprint density at radius 1 is 1.43 bits per heavy atom. The molecular formula is C9H18N3OSi. The molecule has 0 aromatic carbocycles. The smallest absolute Gasteiger partial charge is 0.206 e. The number of hydrogen-bond acceptors (Lipinski definition) is 3. The Hall–Kier alpha value is -0.683. The molecule has 1 N–H and O–H groups in total. The third kappa shape index (κ3) is 2.92. The molecule has 0 aliphatic heterocycles. The van der Waals surface area contributed by atoms with E-state index >= 15 is 0 Å². The van der Waals surface area contributed by atoms with Crippen LogP contribution in [-0.2, 0) is 4.43 Å². The van der Waals surface area contributed by atoms with Gasteiger partial charge in [-0.3, -0.25) is 5.10 Å². The maximum atomic E-state index is 5.93. The minimum absolute atomic E-state index is 0.00823. The van der Waals surface area contributed by atoms with Gasteiger partial charge in [0.2, 0.25) is 9.04 Å². The molecule has 5 heteroatoms. The van der Waals surface area contributed by atoms with Crippen molar-refractivity contribution in [2.75, 3.05) is 0 Å². The van der Waals surface area contributed by atoms with E-state index in [1.54, 1.807) is 0 Å². The first-order chi connectivity index (χ1) is 6.41. The van der Waals surface area contributed by atoms with Gasteiger partial charge in [0.25, 0.3) is 0 Å². The Kier molecular flexibility index (Phi) is 3.44. The predicted octanol–water partition coefficient (Wildman–Crippen LogP) is 2.16. The lowest BCUT2D eigenvalue weighted by Gasteiger charge is -2.30. The van der Waals surface area contributed by atoms with Crippen molar-refractivity contribution in [2.45, 2.75) is 40.0 Å². The summed E-state index contributed by atoms with van der Waals surface area (Å²) in [5.74, 6) is 0.823. The van der Waals surface area contributed by atoms with Crippen LogP contribution in [0.3, 0.4) is 0 Å². The molecule has 0 saturated carbocycles. The van der Waals surface area contributed by atoms with Crippen LogP contribution in [-0.4, -0.2) is 24.2 Å². The van der Waals surface area contributed by atoms with Crippen molar-refractivity contribution in [3.8, 4) is 0 Å². The number of hydrogen-bond donors (Lipinski definition) is 1. The van der Waals surface area contributed by atoms with Crippen molar-refractivity contribution in [3.05, 3.63) is 12.2 Å². The van der Waals surface area contributed by atoms with Crippen LogP contribution < -0.4 is 0 Å². The minimum Gasteiger partial charge on any atom is -0.407 e. The first-order valence-corrected chi connectivity index (χ1v) is 7.14. The Balaban J connectivity index is 2.83. The third-order valence-electron chi connectivity index (χ3n) is 1.82. The molecule has 1 radical (unpaired) electrons. The van der Waals surface area contributed by atoms with Gasteiger partial charge in [0, 0.05) is 0 Å². The number of aromatic amines is 1. The predicted molar refractivity (Wildman–Crippen MR) is 57.1 cm³/mol. The lowest BCUT2D eigenvalue weighted by molar-refractivity contribution is 0.0788. The van der Waals surface area contributed by atoms with Crippen LogP contribution in [0.5, 0.6) is 0 Å². The fourth-order valence-electron chi connectivity index (χ4n) is 1.22.